The molecule has 84 valence electrons. The molecular weight excluding hydrogens is 254 g/mol. The van der Waals surface area contributed by atoms with Crippen LogP contribution >= 0.6 is 15.9 Å². The predicted molar refractivity (Wildman–Crippen MR) is 64.7 cm³/mol. The molecule has 1 aromatic rings. The topological polar surface area (TPSA) is 29.9 Å². The quantitative estimate of drug-likeness (QED) is 0.912. The molecule has 0 aromatic carbocycles. The summed E-state index contributed by atoms with van der Waals surface area (Å²) >= 11 is 3.40. The number of nitrogens with one attached hydrogen (secondary N) is 1. The Bertz CT molecular complexity index is 317. The van der Waals surface area contributed by atoms with Crippen molar-refractivity contribution in [3.8, 4) is 0 Å². The summed E-state index contributed by atoms with van der Waals surface area (Å²) in [6.07, 6.45) is 6.50. The van der Waals surface area contributed by atoms with Crippen molar-refractivity contribution in [1.82, 2.24) is 15.1 Å². The second-order valence-electron chi connectivity index (χ2n) is 4.72. The maximum Gasteiger partial charge on any atom is 0.0632 e. The fourth-order valence-electron chi connectivity index (χ4n) is 2.21. The smallest absolute Gasteiger partial charge is 0.0632 e. The summed E-state index contributed by atoms with van der Waals surface area (Å²) in [6, 6.07) is 1.23. The summed E-state index contributed by atoms with van der Waals surface area (Å²) in [5.41, 5.74) is 0. The number of rotatable bonds is 4. The van der Waals surface area contributed by atoms with E-state index in [0.29, 0.717) is 6.04 Å². The second-order valence-corrected chi connectivity index (χ2v) is 5.64. The summed E-state index contributed by atoms with van der Waals surface area (Å²) in [5, 5.41) is 7.88. The first-order valence-corrected chi connectivity index (χ1v) is 6.37. The normalized spacial score (nSPS) is 27.4. The summed E-state index contributed by atoms with van der Waals surface area (Å²) in [5.74, 6) is 0.911. The van der Waals surface area contributed by atoms with Gasteiger partial charge in [-0.15, -0.1) is 0 Å². The zero-order valence-electron chi connectivity index (χ0n) is 9.28. The molecule has 3 nitrogen and oxygen atoms in total. The fraction of sp³-hybridized carbons (Fsp3) is 0.727. The lowest BCUT2D eigenvalue weighted by Gasteiger charge is -2.35. The van der Waals surface area contributed by atoms with Crippen LogP contribution < -0.4 is 5.32 Å². The van der Waals surface area contributed by atoms with Gasteiger partial charge in [-0.1, -0.05) is 6.92 Å². The highest BCUT2D eigenvalue weighted by atomic mass is 79.9. The molecule has 0 saturated heterocycles. The summed E-state index contributed by atoms with van der Waals surface area (Å²) in [4.78, 5) is 0. The molecule has 1 aliphatic rings. The van der Waals surface area contributed by atoms with Crippen molar-refractivity contribution in [2.45, 2.75) is 45.3 Å². The predicted octanol–water partition coefficient (Wildman–Crippen LogP) is 2.42. The van der Waals surface area contributed by atoms with Gasteiger partial charge in [-0.2, -0.15) is 5.10 Å². The third-order valence-corrected chi connectivity index (χ3v) is 3.37. The van der Waals surface area contributed by atoms with Crippen LogP contribution in [0.1, 0.15) is 26.7 Å². The summed E-state index contributed by atoms with van der Waals surface area (Å²) in [7, 11) is 0. The Morgan fingerprint density at radius 1 is 1.67 bits per heavy atom. The molecule has 1 aromatic heterocycles. The summed E-state index contributed by atoms with van der Waals surface area (Å²) in [6.45, 7) is 5.47. The van der Waals surface area contributed by atoms with E-state index in [1.807, 2.05) is 17.1 Å². The van der Waals surface area contributed by atoms with E-state index >= 15 is 0 Å². The molecule has 1 saturated carbocycles. The molecular formula is C11H18BrN3. The number of halogens is 1. The van der Waals surface area contributed by atoms with Crippen molar-refractivity contribution < 1.29 is 0 Å². The Hall–Kier alpha value is -0.350. The van der Waals surface area contributed by atoms with Crippen LogP contribution in [-0.4, -0.2) is 21.9 Å². The second kappa shape index (κ2) is 4.66. The molecule has 4 heteroatoms. The SMILES string of the molecule is CC1CC(NC(C)Cn2cc(Br)cn2)C1. The van der Waals surface area contributed by atoms with E-state index in [-0.39, 0.29) is 0 Å². The van der Waals surface area contributed by atoms with E-state index < -0.39 is 0 Å². The zero-order valence-corrected chi connectivity index (χ0v) is 10.9. The van der Waals surface area contributed by atoms with Crippen molar-refractivity contribution >= 4 is 15.9 Å². The summed E-state index contributed by atoms with van der Waals surface area (Å²) < 4.78 is 3.02. The van der Waals surface area contributed by atoms with Crippen molar-refractivity contribution in [3.63, 3.8) is 0 Å². The fourth-order valence-corrected chi connectivity index (χ4v) is 2.54. The molecule has 1 fully saturated rings. The lowest BCUT2D eigenvalue weighted by Crippen LogP contribution is -2.45. The van der Waals surface area contributed by atoms with Gasteiger partial charge in [0.2, 0.25) is 0 Å². The molecule has 0 spiro atoms. The lowest BCUT2D eigenvalue weighted by atomic mass is 9.81. The van der Waals surface area contributed by atoms with Gasteiger partial charge < -0.3 is 5.32 Å². The van der Waals surface area contributed by atoms with Crippen LogP contribution in [0.2, 0.25) is 0 Å². The Morgan fingerprint density at radius 3 is 2.93 bits per heavy atom. The average Bonchev–Trinajstić information content (AvgIpc) is 2.48. The molecule has 1 aliphatic carbocycles. The van der Waals surface area contributed by atoms with Gasteiger partial charge in [-0.3, -0.25) is 4.68 Å². The average molecular weight is 272 g/mol. The number of nitrogens with zero attached hydrogens (tertiary/aromatic N) is 2. The Balaban J connectivity index is 1.75. The van der Waals surface area contributed by atoms with Crippen LogP contribution in [0.3, 0.4) is 0 Å². The first kappa shape index (κ1) is 11.1. The van der Waals surface area contributed by atoms with E-state index in [1.54, 1.807) is 0 Å². The highest BCUT2D eigenvalue weighted by Crippen LogP contribution is 2.26. The third-order valence-electron chi connectivity index (χ3n) is 2.96. The van der Waals surface area contributed by atoms with Gasteiger partial charge in [-0.25, -0.2) is 0 Å². The van der Waals surface area contributed by atoms with Crippen LogP contribution in [0.4, 0.5) is 0 Å². The molecule has 0 radical (unpaired) electrons. The van der Waals surface area contributed by atoms with Crippen molar-refractivity contribution in [3.05, 3.63) is 16.9 Å². The third kappa shape index (κ3) is 3.05. The standard InChI is InChI=1S/C11H18BrN3/c1-8-3-11(4-8)14-9(2)6-15-7-10(12)5-13-15/h5,7-9,11,14H,3-4,6H2,1-2H3. The first-order chi connectivity index (χ1) is 7.13. The van der Waals surface area contributed by atoms with Crippen LogP contribution in [-0.2, 0) is 6.54 Å². The van der Waals surface area contributed by atoms with Gasteiger partial charge in [-0.05, 0) is 41.6 Å². The van der Waals surface area contributed by atoms with Gasteiger partial charge in [0.25, 0.3) is 0 Å². The van der Waals surface area contributed by atoms with Gasteiger partial charge in [0, 0.05) is 18.3 Å². The van der Waals surface area contributed by atoms with E-state index in [0.717, 1.165) is 23.0 Å². The molecule has 1 unspecified atom stereocenters. The first-order valence-electron chi connectivity index (χ1n) is 5.57. The zero-order chi connectivity index (χ0) is 10.8. The van der Waals surface area contributed by atoms with Crippen LogP contribution in [0.15, 0.2) is 16.9 Å². The maximum atomic E-state index is 4.25. The van der Waals surface area contributed by atoms with Gasteiger partial charge in [0.1, 0.15) is 0 Å². The minimum atomic E-state index is 0.495. The van der Waals surface area contributed by atoms with Gasteiger partial charge in [0.05, 0.1) is 17.2 Å². The van der Waals surface area contributed by atoms with Crippen LogP contribution in [0, 0.1) is 5.92 Å². The monoisotopic (exact) mass is 271 g/mol. The van der Waals surface area contributed by atoms with Crippen molar-refractivity contribution in [2.24, 2.45) is 5.92 Å². The van der Waals surface area contributed by atoms with Gasteiger partial charge >= 0.3 is 0 Å². The van der Waals surface area contributed by atoms with E-state index in [9.17, 15) is 0 Å². The minimum Gasteiger partial charge on any atom is -0.310 e. The maximum absolute atomic E-state index is 4.25. The Kier molecular flexibility index (Phi) is 3.46. The molecule has 2 rings (SSSR count). The highest BCUT2D eigenvalue weighted by Gasteiger charge is 2.25. The highest BCUT2D eigenvalue weighted by molar-refractivity contribution is 9.10. The Labute approximate surface area is 99.4 Å². The van der Waals surface area contributed by atoms with Crippen molar-refractivity contribution in [1.29, 1.82) is 0 Å². The molecule has 1 N–H and O–H groups in total. The van der Waals surface area contributed by atoms with E-state index in [2.05, 4.69) is 40.2 Å². The Morgan fingerprint density at radius 2 is 2.40 bits per heavy atom. The number of hydrogen-bond donors (Lipinski definition) is 1. The lowest BCUT2D eigenvalue weighted by molar-refractivity contribution is 0.218. The number of aromatic nitrogens is 2. The van der Waals surface area contributed by atoms with Crippen LogP contribution in [0.25, 0.3) is 0 Å². The molecule has 0 amide bonds. The van der Waals surface area contributed by atoms with Crippen LogP contribution in [0.5, 0.6) is 0 Å². The molecule has 0 bridgehead atoms. The van der Waals surface area contributed by atoms with E-state index in [4.69, 9.17) is 0 Å². The molecule has 1 atom stereocenters. The number of hydrogen-bond acceptors (Lipinski definition) is 2. The molecule has 15 heavy (non-hydrogen) atoms. The van der Waals surface area contributed by atoms with E-state index in [1.165, 1.54) is 12.8 Å². The molecule has 0 aliphatic heterocycles. The minimum absolute atomic E-state index is 0.495. The largest absolute Gasteiger partial charge is 0.310 e. The van der Waals surface area contributed by atoms with Crippen molar-refractivity contribution in [2.75, 3.05) is 0 Å². The van der Waals surface area contributed by atoms with Gasteiger partial charge in [0.15, 0.2) is 0 Å². The molecule has 1 heterocycles.